The van der Waals surface area contributed by atoms with Crippen LogP contribution in [-0.2, 0) is 9.53 Å². The number of rotatable bonds is 6. The number of carbonyl (C=O) groups excluding carboxylic acids is 1. The number of aliphatic carboxylic acids is 1. The number of benzene rings is 2. The van der Waals surface area contributed by atoms with Gasteiger partial charge in [-0.2, -0.15) is 0 Å². The topological polar surface area (TPSA) is 87.1 Å². The van der Waals surface area contributed by atoms with Crippen molar-refractivity contribution in [2.45, 2.75) is 5.92 Å². The maximum atomic E-state index is 12.2. The van der Waals surface area contributed by atoms with Gasteiger partial charge in [-0.1, -0.05) is 48.5 Å². The molecule has 0 saturated carbocycles. The van der Waals surface area contributed by atoms with Gasteiger partial charge < -0.3 is 19.8 Å². The third-order valence-corrected chi connectivity index (χ3v) is 4.71. The molecule has 0 bridgehead atoms. The second-order valence-electron chi connectivity index (χ2n) is 6.40. The summed E-state index contributed by atoms with van der Waals surface area (Å²) in [5, 5.41) is 18.1. The molecule has 0 spiro atoms. The average Bonchev–Trinajstić information content (AvgIpc) is 2.97. The van der Waals surface area contributed by atoms with E-state index < -0.39 is 24.6 Å². The summed E-state index contributed by atoms with van der Waals surface area (Å²) in [6.07, 6.45) is -0.605. The summed E-state index contributed by atoms with van der Waals surface area (Å²) in [6, 6.07) is 16.1. The lowest BCUT2D eigenvalue weighted by atomic mass is 9.98. The highest BCUT2D eigenvalue weighted by atomic mass is 16.6. The summed E-state index contributed by atoms with van der Waals surface area (Å²) < 4.78 is 5.44. The normalized spacial score (nSPS) is 13.6. The molecule has 2 aromatic carbocycles. The van der Waals surface area contributed by atoms with E-state index in [1.807, 2.05) is 36.4 Å². The molecule has 2 aromatic rings. The molecule has 0 radical (unpaired) electrons. The standard InChI is InChI=1S/C20H21NO5/c1-21(10-13(11-22)19(23)24)20(25)26-12-18-16-8-4-2-6-14(16)15-7-3-5-9-17(15)18/h2-9,13,18,22H,10-12H2,1H3,(H,23,24). The van der Waals surface area contributed by atoms with Crippen LogP contribution in [-0.4, -0.2) is 54.0 Å². The van der Waals surface area contributed by atoms with Gasteiger partial charge in [0.1, 0.15) is 6.61 Å². The minimum atomic E-state index is -1.15. The van der Waals surface area contributed by atoms with E-state index in [1.165, 1.54) is 11.9 Å². The molecule has 0 aliphatic heterocycles. The van der Waals surface area contributed by atoms with Gasteiger partial charge in [0.05, 0.1) is 12.5 Å². The van der Waals surface area contributed by atoms with Gasteiger partial charge in [0, 0.05) is 19.5 Å². The zero-order valence-electron chi connectivity index (χ0n) is 14.5. The van der Waals surface area contributed by atoms with Crippen molar-refractivity contribution >= 4 is 12.1 Å². The SMILES string of the molecule is CN(CC(CO)C(=O)O)C(=O)OCC1c2ccccc2-c2ccccc21. The van der Waals surface area contributed by atoms with Gasteiger partial charge in [-0.15, -0.1) is 0 Å². The van der Waals surface area contributed by atoms with Gasteiger partial charge in [-0.05, 0) is 22.3 Å². The van der Waals surface area contributed by atoms with E-state index in [1.54, 1.807) is 0 Å². The summed E-state index contributed by atoms with van der Waals surface area (Å²) in [6.45, 7) is -0.465. The zero-order chi connectivity index (χ0) is 18.7. The van der Waals surface area contributed by atoms with Crippen LogP contribution >= 0.6 is 0 Å². The number of carboxylic acid groups (broad SMARTS) is 1. The van der Waals surface area contributed by atoms with Crippen molar-refractivity contribution in [1.82, 2.24) is 4.90 Å². The molecule has 6 nitrogen and oxygen atoms in total. The summed E-state index contributed by atoms with van der Waals surface area (Å²) in [5.74, 6) is -2.22. The van der Waals surface area contributed by atoms with Crippen LogP contribution in [0.2, 0.25) is 0 Å². The minimum Gasteiger partial charge on any atom is -0.481 e. The zero-order valence-corrected chi connectivity index (χ0v) is 14.5. The van der Waals surface area contributed by atoms with Crippen LogP contribution in [0, 0.1) is 5.92 Å². The fourth-order valence-corrected chi connectivity index (χ4v) is 3.32. The Morgan fingerprint density at radius 1 is 1.08 bits per heavy atom. The third kappa shape index (κ3) is 3.41. The highest BCUT2D eigenvalue weighted by Crippen LogP contribution is 2.44. The van der Waals surface area contributed by atoms with Crippen molar-refractivity contribution in [3.8, 4) is 11.1 Å². The molecule has 0 fully saturated rings. The number of ether oxygens (including phenoxy) is 1. The first-order chi connectivity index (χ1) is 12.5. The molecule has 0 heterocycles. The van der Waals surface area contributed by atoms with Crippen LogP contribution in [0.5, 0.6) is 0 Å². The lowest BCUT2D eigenvalue weighted by molar-refractivity contribution is -0.143. The fourth-order valence-electron chi connectivity index (χ4n) is 3.32. The van der Waals surface area contributed by atoms with E-state index in [0.29, 0.717) is 0 Å². The van der Waals surface area contributed by atoms with E-state index in [2.05, 4.69) is 12.1 Å². The van der Waals surface area contributed by atoms with Crippen molar-refractivity contribution in [1.29, 1.82) is 0 Å². The second kappa shape index (κ2) is 7.58. The Labute approximate surface area is 151 Å². The number of fused-ring (bicyclic) bond motifs is 3. The Bertz CT molecular complexity index is 774. The Morgan fingerprint density at radius 3 is 2.12 bits per heavy atom. The summed E-state index contributed by atoms with van der Waals surface area (Å²) in [4.78, 5) is 24.4. The molecule has 0 aromatic heterocycles. The Balaban J connectivity index is 1.70. The number of amides is 1. The second-order valence-corrected chi connectivity index (χ2v) is 6.40. The lowest BCUT2D eigenvalue weighted by Gasteiger charge is -2.21. The first kappa shape index (κ1) is 17.9. The van der Waals surface area contributed by atoms with Crippen LogP contribution in [0.4, 0.5) is 4.79 Å². The third-order valence-electron chi connectivity index (χ3n) is 4.71. The van der Waals surface area contributed by atoms with Crippen molar-refractivity contribution in [3.63, 3.8) is 0 Å². The number of carbonyl (C=O) groups is 2. The van der Waals surface area contributed by atoms with Crippen LogP contribution in [0.3, 0.4) is 0 Å². The molecule has 1 amide bonds. The monoisotopic (exact) mass is 355 g/mol. The smallest absolute Gasteiger partial charge is 0.409 e. The lowest BCUT2D eigenvalue weighted by Crippen LogP contribution is -2.37. The number of hydrogen-bond acceptors (Lipinski definition) is 4. The molecule has 1 unspecified atom stereocenters. The van der Waals surface area contributed by atoms with Crippen molar-refractivity contribution in [3.05, 3.63) is 59.7 Å². The van der Waals surface area contributed by atoms with Gasteiger partial charge in [-0.25, -0.2) is 4.79 Å². The molecule has 6 heteroatoms. The molecule has 3 rings (SSSR count). The molecule has 1 atom stereocenters. The summed E-state index contributed by atoms with van der Waals surface area (Å²) in [5.41, 5.74) is 4.51. The van der Waals surface area contributed by atoms with E-state index in [-0.39, 0.29) is 19.1 Å². The van der Waals surface area contributed by atoms with Crippen LogP contribution in [0.15, 0.2) is 48.5 Å². The van der Waals surface area contributed by atoms with E-state index in [0.717, 1.165) is 22.3 Å². The molecule has 136 valence electrons. The molecular weight excluding hydrogens is 334 g/mol. The van der Waals surface area contributed by atoms with Gasteiger partial charge in [0.2, 0.25) is 0 Å². The predicted molar refractivity (Wildman–Crippen MR) is 95.9 cm³/mol. The van der Waals surface area contributed by atoms with Crippen LogP contribution < -0.4 is 0 Å². The Morgan fingerprint density at radius 2 is 1.62 bits per heavy atom. The maximum Gasteiger partial charge on any atom is 0.409 e. The first-order valence-electron chi connectivity index (χ1n) is 8.42. The first-order valence-corrected chi connectivity index (χ1v) is 8.42. The van der Waals surface area contributed by atoms with Crippen molar-refractivity contribution in [2.24, 2.45) is 5.92 Å². The average molecular weight is 355 g/mol. The Kier molecular flexibility index (Phi) is 5.23. The summed E-state index contributed by atoms with van der Waals surface area (Å²) in [7, 11) is 1.46. The number of carboxylic acids is 1. The molecular formula is C20H21NO5. The van der Waals surface area contributed by atoms with E-state index >= 15 is 0 Å². The molecule has 2 N–H and O–H groups in total. The van der Waals surface area contributed by atoms with Gasteiger partial charge >= 0.3 is 12.1 Å². The molecule has 0 saturated heterocycles. The Hall–Kier alpha value is -2.86. The van der Waals surface area contributed by atoms with Crippen LogP contribution in [0.1, 0.15) is 17.0 Å². The number of aliphatic hydroxyl groups is 1. The fraction of sp³-hybridized carbons (Fsp3) is 0.300. The maximum absolute atomic E-state index is 12.2. The highest BCUT2D eigenvalue weighted by molar-refractivity contribution is 5.79. The van der Waals surface area contributed by atoms with Gasteiger partial charge in [-0.3, -0.25) is 4.79 Å². The van der Waals surface area contributed by atoms with Gasteiger partial charge in [0.15, 0.2) is 0 Å². The van der Waals surface area contributed by atoms with Crippen molar-refractivity contribution in [2.75, 3.05) is 26.8 Å². The highest BCUT2D eigenvalue weighted by Gasteiger charge is 2.30. The summed E-state index contributed by atoms with van der Waals surface area (Å²) >= 11 is 0. The van der Waals surface area contributed by atoms with Crippen molar-refractivity contribution < 1.29 is 24.5 Å². The van der Waals surface area contributed by atoms with Crippen LogP contribution in [0.25, 0.3) is 11.1 Å². The predicted octanol–water partition coefficient (Wildman–Crippen LogP) is 2.56. The quantitative estimate of drug-likeness (QED) is 0.832. The molecule has 1 aliphatic rings. The number of hydrogen-bond donors (Lipinski definition) is 2. The number of aliphatic hydroxyl groups excluding tert-OH is 1. The van der Waals surface area contributed by atoms with E-state index in [9.17, 15) is 9.59 Å². The molecule has 1 aliphatic carbocycles. The van der Waals surface area contributed by atoms with Gasteiger partial charge in [0.25, 0.3) is 0 Å². The number of nitrogens with zero attached hydrogens (tertiary/aromatic N) is 1. The van der Waals surface area contributed by atoms with E-state index in [4.69, 9.17) is 14.9 Å². The largest absolute Gasteiger partial charge is 0.481 e. The minimum absolute atomic E-state index is 0.0483. The molecule has 26 heavy (non-hydrogen) atoms.